The number of nitrogens with one attached hydrogen (secondary N) is 1. The van der Waals surface area contributed by atoms with Crippen molar-refractivity contribution in [2.75, 3.05) is 13.1 Å². The monoisotopic (exact) mass is 163 g/mol. The van der Waals surface area contributed by atoms with Gasteiger partial charge in [-0.2, -0.15) is 0 Å². The second-order valence-electron chi connectivity index (χ2n) is 3.36. The Kier molecular flexibility index (Phi) is 2.23. The Labute approximate surface area is 67.4 Å². The Morgan fingerprint density at radius 2 is 2.10 bits per heavy atom. The van der Waals surface area contributed by atoms with Crippen LogP contribution in [0, 0.1) is 5.41 Å². The molecule has 0 aromatic heterocycles. The highest BCUT2D eigenvalue weighted by Crippen LogP contribution is 2.45. The molecule has 60 valence electrons. The van der Waals surface area contributed by atoms with Crippen LogP contribution in [0.25, 0.3) is 0 Å². The maximum atomic E-state index is 9.44. The lowest BCUT2D eigenvalue weighted by Gasteiger charge is -2.40. The van der Waals surface area contributed by atoms with Gasteiger partial charge in [-0.15, -0.1) is 12.4 Å². The van der Waals surface area contributed by atoms with Gasteiger partial charge in [-0.1, -0.05) is 6.42 Å². The van der Waals surface area contributed by atoms with Crippen LogP contribution >= 0.6 is 12.4 Å². The van der Waals surface area contributed by atoms with Gasteiger partial charge in [0.1, 0.15) is 0 Å². The first kappa shape index (κ1) is 8.31. The predicted octanol–water partition coefficient (Wildman–Crippen LogP) is 0.543. The summed E-state index contributed by atoms with van der Waals surface area (Å²) in [5.74, 6) is 0. The predicted molar refractivity (Wildman–Crippen MR) is 42.4 cm³/mol. The first-order valence-electron chi connectivity index (χ1n) is 3.72. The van der Waals surface area contributed by atoms with Gasteiger partial charge in [0.2, 0.25) is 0 Å². The minimum atomic E-state index is -0.0498. The van der Waals surface area contributed by atoms with Gasteiger partial charge >= 0.3 is 0 Å². The highest BCUT2D eigenvalue weighted by Gasteiger charge is 2.46. The van der Waals surface area contributed by atoms with Crippen molar-refractivity contribution in [3.05, 3.63) is 0 Å². The number of hydrogen-bond donors (Lipinski definition) is 2. The fourth-order valence-corrected chi connectivity index (χ4v) is 1.93. The van der Waals surface area contributed by atoms with Crippen LogP contribution in [0.5, 0.6) is 0 Å². The lowest BCUT2D eigenvalue weighted by atomic mass is 9.67. The zero-order valence-electron chi connectivity index (χ0n) is 5.97. The minimum Gasteiger partial charge on any atom is -0.391 e. The summed E-state index contributed by atoms with van der Waals surface area (Å²) in [5.41, 5.74) is 0.319. The topological polar surface area (TPSA) is 32.3 Å². The molecule has 0 amide bonds. The van der Waals surface area contributed by atoms with E-state index in [1.165, 1.54) is 19.3 Å². The summed E-state index contributed by atoms with van der Waals surface area (Å²) in [7, 11) is 0. The molecule has 1 saturated carbocycles. The number of halogens is 1. The number of β-amino-alcohol motifs (C(OH)–C–C–N with tert-alkyl or cyclic N) is 1. The average Bonchev–Trinajstić information content (AvgIpc) is 2.07. The van der Waals surface area contributed by atoms with E-state index in [4.69, 9.17) is 0 Å². The summed E-state index contributed by atoms with van der Waals surface area (Å²) < 4.78 is 0. The first-order chi connectivity index (χ1) is 4.33. The van der Waals surface area contributed by atoms with E-state index in [9.17, 15) is 5.11 Å². The summed E-state index contributed by atoms with van der Waals surface area (Å²) in [6, 6.07) is 0. The van der Waals surface area contributed by atoms with Crippen LogP contribution in [-0.2, 0) is 0 Å². The fraction of sp³-hybridized carbons (Fsp3) is 1.00. The third kappa shape index (κ3) is 0.949. The Hall–Kier alpha value is 0.210. The van der Waals surface area contributed by atoms with Crippen molar-refractivity contribution in [1.29, 1.82) is 0 Å². The van der Waals surface area contributed by atoms with Crippen molar-refractivity contribution in [2.24, 2.45) is 5.41 Å². The number of hydrogen-bond acceptors (Lipinski definition) is 2. The van der Waals surface area contributed by atoms with Gasteiger partial charge in [-0.05, 0) is 12.8 Å². The van der Waals surface area contributed by atoms with Crippen molar-refractivity contribution in [1.82, 2.24) is 5.32 Å². The zero-order chi connectivity index (χ0) is 6.32. The summed E-state index contributed by atoms with van der Waals surface area (Å²) in [5, 5.41) is 12.7. The van der Waals surface area contributed by atoms with Gasteiger partial charge < -0.3 is 10.4 Å². The smallest absolute Gasteiger partial charge is 0.0732 e. The molecule has 0 aromatic rings. The molecule has 3 heteroatoms. The van der Waals surface area contributed by atoms with E-state index in [2.05, 4.69) is 5.32 Å². The standard InChI is InChI=1S/C7H13NO.ClH/c9-6-4-8-5-7(6)2-1-3-7;/h6,8-9H,1-5H2;1H. The molecule has 2 N–H and O–H groups in total. The summed E-state index contributed by atoms with van der Waals surface area (Å²) in [6.07, 6.45) is 3.74. The SMILES string of the molecule is Cl.OC1CNCC12CCC2. The molecule has 1 unspecified atom stereocenters. The van der Waals surface area contributed by atoms with Gasteiger partial charge in [-0.25, -0.2) is 0 Å². The average molecular weight is 164 g/mol. The van der Waals surface area contributed by atoms with Crippen LogP contribution in [0.2, 0.25) is 0 Å². The molecular formula is C7H14ClNO. The molecular weight excluding hydrogens is 150 g/mol. The first-order valence-corrected chi connectivity index (χ1v) is 3.72. The molecule has 2 nitrogen and oxygen atoms in total. The molecule has 0 aromatic carbocycles. The molecule has 1 atom stereocenters. The van der Waals surface area contributed by atoms with Crippen LogP contribution in [0.4, 0.5) is 0 Å². The molecule has 1 aliphatic carbocycles. The van der Waals surface area contributed by atoms with Crippen LogP contribution < -0.4 is 5.32 Å². The maximum absolute atomic E-state index is 9.44. The van der Waals surface area contributed by atoms with Crippen molar-refractivity contribution in [3.63, 3.8) is 0 Å². The molecule has 2 rings (SSSR count). The Balaban J connectivity index is 0.000000500. The van der Waals surface area contributed by atoms with Crippen LogP contribution in [0.15, 0.2) is 0 Å². The number of aliphatic hydroxyl groups is 1. The molecule has 10 heavy (non-hydrogen) atoms. The molecule has 0 radical (unpaired) electrons. The Morgan fingerprint density at radius 1 is 1.40 bits per heavy atom. The summed E-state index contributed by atoms with van der Waals surface area (Å²) in [6.45, 7) is 1.87. The van der Waals surface area contributed by atoms with Crippen molar-refractivity contribution >= 4 is 12.4 Å². The molecule has 0 bridgehead atoms. The molecule has 1 heterocycles. The zero-order valence-corrected chi connectivity index (χ0v) is 6.78. The van der Waals surface area contributed by atoms with Gasteiger partial charge in [-0.3, -0.25) is 0 Å². The van der Waals surface area contributed by atoms with Crippen LogP contribution in [0.1, 0.15) is 19.3 Å². The second-order valence-corrected chi connectivity index (χ2v) is 3.36. The van der Waals surface area contributed by atoms with E-state index in [1.54, 1.807) is 0 Å². The maximum Gasteiger partial charge on any atom is 0.0732 e. The van der Waals surface area contributed by atoms with E-state index < -0.39 is 0 Å². The number of rotatable bonds is 0. The fourth-order valence-electron chi connectivity index (χ4n) is 1.93. The Bertz CT molecular complexity index is 125. The third-order valence-corrected chi connectivity index (χ3v) is 2.87. The quantitative estimate of drug-likeness (QED) is 0.547. The van der Waals surface area contributed by atoms with E-state index in [-0.39, 0.29) is 18.5 Å². The van der Waals surface area contributed by atoms with Crippen molar-refractivity contribution in [3.8, 4) is 0 Å². The van der Waals surface area contributed by atoms with E-state index in [0.29, 0.717) is 5.41 Å². The van der Waals surface area contributed by atoms with Gasteiger partial charge in [0.05, 0.1) is 6.10 Å². The highest BCUT2D eigenvalue weighted by molar-refractivity contribution is 5.85. The molecule has 1 spiro atoms. The van der Waals surface area contributed by atoms with E-state index in [1.807, 2.05) is 0 Å². The van der Waals surface area contributed by atoms with Crippen molar-refractivity contribution in [2.45, 2.75) is 25.4 Å². The molecule has 2 aliphatic rings. The lowest BCUT2D eigenvalue weighted by molar-refractivity contribution is 0.00802. The molecule has 1 saturated heterocycles. The second kappa shape index (κ2) is 2.68. The Morgan fingerprint density at radius 3 is 2.30 bits per heavy atom. The third-order valence-electron chi connectivity index (χ3n) is 2.87. The van der Waals surface area contributed by atoms with Gasteiger partial charge in [0, 0.05) is 18.5 Å². The van der Waals surface area contributed by atoms with Gasteiger partial charge in [0.25, 0.3) is 0 Å². The molecule has 1 aliphatic heterocycles. The van der Waals surface area contributed by atoms with Gasteiger partial charge in [0.15, 0.2) is 0 Å². The van der Waals surface area contributed by atoms with Crippen LogP contribution in [0.3, 0.4) is 0 Å². The lowest BCUT2D eigenvalue weighted by Crippen LogP contribution is -2.40. The minimum absolute atomic E-state index is 0. The number of aliphatic hydroxyl groups excluding tert-OH is 1. The van der Waals surface area contributed by atoms with E-state index >= 15 is 0 Å². The van der Waals surface area contributed by atoms with Crippen LogP contribution in [-0.4, -0.2) is 24.3 Å². The van der Waals surface area contributed by atoms with Crippen molar-refractivity contribution < 1.29 is 5.11 Å². The highest BCUT2D eigenvalue weighted by atomic mass is 35.5. The largest absolute Gasteiger partial charge is 0.391 e. The normalized spacial score (nSPS) is 35.1. The summed E-state index contributed by atoms with van der Waals surface area (Å²) in [4.78, 5) is 0. The summed E-state index contributed by atoms with van der Waals surface area (Å²) >= 11 is 0. The van der Waals surface area contributed by atoms with E-state index in [0.717, 1.165) is 13.1 Å². The molecule has 2 fully saturated rings.